The molecule has 4 nitrogen and oxygen atoms in total. The van der Waals surface area contributed by atoms with Crippen LogP contribution in [0.25, 0.3) is 0 Å². The summed E-state index contributed by atoms with van der Waals surface area (Å²) in [6.07, 6.45) is 7.24. The average Bonchev–Trinajstić information content (AvgIpc) is 3.20. The molecule has 0 radical (unpaired) electrons. The second-order valence-corrected chi connectivity index (χ2v) is 6.47. The molecule has 1 aliphatic rings. The van der Waals surface area contributed by atoms with Gasteiger partial charge in [-0.05, 0) is 43.5 Å². The number of hydrogen-bond donors (Lipinski definition) is 1. The van der Waals surface area contributed by atoms with E-state index >= 15 is 0 Å². The number of hydrogen-bond acceptors (Lipinski definition) is 4. The highest BCUT2D eigenvalue weighted by molar-refractivity contribution is 5.23. The fourth-order valence-electron chi connectivity index (χ4n) is 3.29. The third kappa shape index (κ3) is 4.67. The molecule has 23 heavy (non-hydrogen) atoms. The quantitative estimate of drug-likeness (QED) is 0.853. The minimum absolute atomic E-state index is 0.0980. The molecule has 3 rings (SSSR count). The molecule has 2 aromatic rings. The predicted molar refractivity (Wildman–Crippen MR) is 89.0 cm³/mol. The van der Waals surface area contributed by atoms with Gasteiger partial charge in [-0.25, -0.2) is 0 Å². The van der Waals surface area contributed by atoms with Crippen LogP contribution in [-0.4, -0.2) is 35.8 Å². The molecule has 1 saturated heterocycles. The van der Waals surface area contributed by atoms with Gasteiger partial charge in [0.2, 0.25) is 0 Å². The van der Waals surface area contributed by atoms with Crippen LogP contribution in [-0.2, 0) is 24.3 Å². The van der Waals surface area contributed by atoms with Crippen molar-refractivity contribution in [3.05, 3.63) is 59.5 Å². The lowest BCUT2D eigenvalue weighted by Crippen LogP contribution is -2.29. The first-order valence-corrected chi connectivity index (χ1v) is 8.26. The van der Waals surface area contributed by atoms with Crippen molar-refractivity contribution in [3.8, 4) is 0 Å². The van der Waals surface area contributed by atoms with Crippen LogP contribution in [0.1, 0.15) is 29.5 Å². The number of aliphatic hydroxyl groups is 1. The van der Waals surface area contributed by atoms with Crippen molar-refractivity contribution in [1.82, 2.24) is 4.90 Å². The van der Waals surface area contributed by atoms with Gasteiger partial charge in [-0.15, -0.1) is 0 Å². The largest absolute Gasteiger partial charge is 0.472 e. The highest BCUT2D eigenvalue weighted by Crippen LogP contribution is 2.24. The summed E-state index contributed by atoms with van der Waals surface area (Å²) in [6, 6.07) is 10.1. The van der Waals surface area contributed by atoms with Crippen molar-refractivity contribution in [2.45, 2.75) is 44.6 Å². The molecule has 2 atom stereocenters. The lowest BCUT2D eigenvalue weighted by atomic mass is 10.0. The highest BCUT2D eigenvalue weighted by atomic mass is 16.5. The molecule has 0 amide bonds. The number of aliphatic hydroxyl groups excluding tert-OH is 1. The summed E-state index contributed by atoms with van der Waals surface area (Å²) in [7, 11) is 2.12. The molecule has 0 spiro atoms. The lowest BCUT2D eigenvalue weighted by Gasteiger charge is -2.21. The summed E-state index contributed by atoms with van der Waals surface area (Å²) < 4.78 is 11.3. The number of ether oxygens (including phenoxy) is 1. The van der Waals surface area contributed by atoms with Crippen LogP contribution in [0.5, 0.6) is 0 Å². The summed E-state index contributed by atoms with van der Waals surface area (Å²) in [5.74, 6) is 0. The van der Waals surface area contributed by atoms with Gasteiger partial charge in [0.1, 0.15) is 0 Å². The Hall–Kier alpha value is -1.62. The van der Waals surface area contributed by atoms with E-state index < -0.39 is 0 Å². The van der Waals surface area contributed by atoms with Gasteiger partial charge >= 0.3 is 0 Å². The monoisotopic (exact) mass is 315 g/mol. The summed E-state index contributed by atoms with van der Waals surface area (Å²) in [4.78, 5) is 2.28. The van der Waals surface area contributed by atoms with E-state index in [2.05, 4.69) is 24.1 Å². The van der Waals surface area contributed by atoms with Gasteiger partial charge in [-0.3, -0.25) is 4.90 Å². The normalized spacial score (nSPS) is 21.2. The molecule has 1 aromatic carbocycles. The zero-order valence-corrected chi connectivity index (χ0v) is 13.6. The van der Waals surface area contributed by atoms with Crippen LogP contribution < -0.4 is 0 Å². The molecule has 1 aliphatic heterocycles. The van der Waals surface area contributed by atoms with Gasteiger partial charge in [-0.1, -0.05) is 24.3 Å². The van der Waals surface area contributed by atoms with Crippen LogP contribution >= 0.6 is 0 Å². The molecule has 1 aromatic heterocycles. The average molecular weight is 315 g/mol. The summed E-state index contributed by atoms with van der Waals surface area (Å²) in [5, 5.41) is 9.23. The first kappa shape index (κ1) is 16.2. The summed E-state index contributed by atoms with van der Waals surface area (Å²) in [5.41, 5.74) is 3.41. The second-order valence-electron chi connectivity index (χ2n) is 6.47. The molecule has 0 aliphatic carbocycles. The molecule has 1 fully saturated rings. The molecule has 2 heterocycles. The summed E-state index contributed by atoms with van der Waals surface area (Å²) in [6.45, 7) is 1.93. The van der Waals surface area contributed by atoms with E-state index in [-0.39, 0.29) is 12.7 Å². The third-order valence-electron chi connectivity index (χ3n) is 4.38. The van der Waals surface area contributed by atoms with E-state index in [4.69, 9.17) is 9.15 Å². The van der Waals surface area contributed by atoms with Gasteiger partial charge in [0.05, 0.1) is 31.3 Å². The molecular weight excluding hydrogens is 290 g/mol. The highest BCUT2D eigenvalue weighted by Gasteiger charge is 2.26. The predicted octanol–water partition coefficient (Wildman–Crippen LogP) is 2.99. The van der Waals surface area contributed by atoms with E-state index in [1.807, 2.05) is 18.2 Å². The fourth-order valence-corrected chi connectivity index (χ4v) is 3.29. The van der Waals surface area contributed by atoms with Gasteiger partial charge in [0.15, 0.2) is 0 Å². The molecular formula is C19H25NO3. The molecule has 4 heteroatoms. The smallest absolute Gasteiger partial charge is 0.0947 e. The zero-order chi connectivity index (χ0) is 16.1. The number of rotatable bonds is 7. The Morgan fingerprint density at radius 1 is 1.13 bits per heavy atom. The van der Waals surface area contributed by atoms with Crippen molar-refractivity contribution in [2.24, 2.45) is 0 Å². The minimum atomic E-state index is 0.0980. The summed E-state index contributed by atoms with van der Waals surface area (Å²) >= 11 is 0. The molecule has 0 bridgehead atoms. The van der Waals surface area contributed by atoms with Crippen LogP contribution in [0.4, 0.5) is 0 Å². The number of furan rings is 1. The van der Waals surface area contributed by atoms with Gasteiger partial charge in [0.25, 0.3) is 0 Å². The number of likely N-dealkylation sites (N-methyl/N-ethyl adjacent to an activating group) is 1. The maximum absolute atomic E-state index is 9.23. The minimum Gasteiger partial charge on any atom is -0.472 e. The Morgan fingerprint density at radius 3 is 2.74 bits per heavy atom. The Labute approximate surface area is 137 Å². The Morgan fingerprint density at radius 2 is 1.96 bits per heavy atom. The zero-order valence-electron chi connectivity index (χ0n) is 13.6. The van der Waals surface area contributed by atoms with Crippen molar-refractivity contribution in [3.63, 3.8) is 0 Å². The van der Waals surface area contributed by atoms with E-state index in [0.717, 1.165) is 37.9 Å². The van der Waals surface area contributed by atoms with Crippen LogP contribution in [0.3, 0.4) is 0 Å². The first-order chi connectivity index (χ1) is 11.2. The van der Waals surface area contributed by atoms with Crippen molar-refractivity contribution in [1.29, 1.82) is 0 Å². The Bertz CT molecular complexity index is 596. The molecule has 0 unspecified atom stereocenters. The molecule has 0 saturated carbocycles. The number of benzene rings is 1. The van der Waals surface area contributed by atoms with E-state index in [9.17, 15) is 5.11 Å². The SMILES string of the molecule is CN(Cc1ccoc1)C[C@H]1CC[C@@H](Cc2cccc(CO)c2)O1. The second kappa shape index (κ2) is 7.77. The van der Waals surface area contributed by atoms with Gasteiger partial charge in [0, 0.05) is 18.7 Å². The lowest BCUT2D eigenvalue weighted by molar-refractivity contribution is 0.0266. The maximum atomic E-state index is 9.23. The van der Waals surface area contributed by atoms with Crippen LogP contribution in [0, 0.1) is 0 Å². The van der Waals surface area contributed by atoms with E-state index in [0.29, 0.717) is 6.10 Å². The van der Waals surface area contributed by atoms with Gasteiger partial charge in [-0.2, -0.15) is 0 Å². The number of nitrogens with zero attached hydrogens (tertiary/aromatic N) is 1. The first-order valence-electron chi connectivity index (χ1n) is 8.26. The molecule has 124 valence electrons. The van der Waals surface area contributed by atoms with Crippen LogP contribution in [0.2, 0.25) is 0 Å². The van der Waals surface area contributed by atoms with Gasteiger partial charge < -0.3 is 14.3 Å². The van der Waals surface area contributed by atoms with Crippen molar-refractivity contribution in [2.75, 3.05) is 13.6 Å². The van der Waals surface area contributed by atoms with E-state index in [1.54, 1.807) is 12.5 Å². The van der Waals surface area contributed by atoms with Crippen molar-refractivity contribution < 1.29 is 14.3 Å². The third-order valence-corrected chi connectivity index (χ3v) is 4.38. The standard InChI is InChI=1S/C19H25NO3/c1-20(11-17-7-8-22-14-17)12-19-6-5-18(23-19)10-15-3-2-4-16(9-15)13-21/h2-4,7-9,14,18-19,21H,5-6,10-13H2,1H3/t18-,19+/m0/s1. The maximum Gasteiger partial charge on any atom is 0.0947 e. The van der Waals surface area contributed by atoms with Crippen molar-refractivity contribution >= 4 is 0 Å². The Balaban J connectivity index is 1.46. The molecule has 1 N–H and O–H groups in total. The fraction of sp³-hybridized carbons (Fsp3) is 0.474. The topological polar surface area (TPSA) is 45.8 Å². The van der Waals surface area contributed by atoms with Crippen LogP contribution in [0.15, 0.2) is 47.3 Å². The van der Waals surface area contributed by atoms with E-state index in [1.165, 1.54) is 11.1 Å². The Kier molecular flexibility index (Phi) is 5.49.